The number of aromatic carboxylic acids is 1. The molecule has 1 aliphatic rings. The molecule has 0 spiro atoms. The van der Waals surface area contributed by atoms with Crippen molar-refractivity contribution in [2.24, 2.45) is 0 Å². The molecule has 0 saturated carbocycles. The van der Waals surface area contributed by atoms with Crippen LogP contribution in [0.15, 0.2) is 34.7 Å². The molecule has 3 aromatic heterocycles. The zero-order valence-corrected chi connectivity index (χ0v) is 16.1. The minimum absolute atomic E-state index is 0.0260. The largest absolute Gasteiger partial charge is 0.477 e. The number of carbonyl (C=O) groups is 1. The summed E-state index contributed by atoms with van der Waals surface area (Å²) in [4.78, 5) is 35.2. The Morgan fingerprint density at radius 3 is 2.82 bits per heavy atom. The van der Waals surface area contributed by atoms with Crippen LogP contribution >= 0.6 is 11.3 Å². The van der Waals surface area contributed by atoms with Crippen molar-refractivity contribution in [1.82, 2.24) is 19.9 Å². The lowest BCUT2D eigenvalue weighted by Gasteiger charge is -2.18. The maximum absolute atomic E-state index is 12.6. The summed E-state index contributed by atoms with van der Waals surface area (Å²) in [6.45, 7) is 1.37. The fourth-order valence-corrected chi connectivity index (χ4v) is 4.10. The molecule has 0 radical (unpaired) electrons. The van der Waals surface area contributed by atoms with E-state index in [1.54, 1.807) is 35.4 Å². The van der Waals surface area contributed by atoms with Crippen LogP contribution in [-0.4, -0.2) is 65.0 Å². The van der Waals surface area contributed by atoms with Gasteiger partial charge in [-0.15, -0.1) is 11.3 Å². The lowest BCUT2D eigenvalue weighted by atomic mass is 10.2. The van der Waals surface area contributed by atoms with Gasteiger partial charge in [-0.05, 0) is 19.2 Å². The van der Waals surface area contributed by atoms with Crippen molar-refractivity contribution in [1.29, 1.82) is 0 Å². The van der Waals surface area contributed by atoms with E-state index in [1.165, 1.54) is 17.5 Å². The van der Waals surface area contributed by atoms with E-state index in [1.807, 2.05) is 7.05 Å². The van der Waals surface area contributed by atoms with Gasteiger partial charge in [0.2, 0.25) is 5.43 Å². The number of methoxy groups -OCH3 is 1. The van der Waals surface area contributed by atoms with Gasteiger partial charge in [0.1, 0.15) is 11.4 Å². The maximum Gasteiger partial charge on any atom is 0.341 e. The first-order valence-electron chi connectivity index (χ1n) is 8.68. The molecule has 9 nitrogen and oxygen atoms in total. The molecule has 1 fully saturated rings. The highest BCUT2D eigenvalue weighted by molar-refractivity contribution is 7.12. The Balaban J connectivity index is 1.87. The summed E-state index contributed by atoms with van der Waals surface area (Å²) < 4.78 is 7.10. The van der Waals surface area contributed by atoms with E-state index in [2.05, 4.69) is 15.2 Å². The number of carboxylic acid groups (broad SMARTS) is 1. The van der Waals surface area contributed by atoms with E-state index >= 15 is 0 Å². The average Bonchev–Trinajstić information content (AvgIpc) is 3.37. The van der Waals surface area contributed by atoms with Gasteiger partial charge in [-0.3, -0.25) is 9.36 Å². The van der Waals surface area contributed by atoms with Gasteiger partial charge < -0.3 is 20.1 Å². The Kier molecular flexibility index (Phi) is 4.84. The van der Waals surface area contributed by atoms with Gasteiger partial charge >= 0.3 is 5.97 Å². The highest BCUT2D eigenvalue weighted by Crippen LogP contribution is 2.24. The molecule has 0 aromatic carbocycles. The number of nitrogens with zero attached hydrogens (tertiary/aromatic N) is 4. The van der Waals surface area contributed by atoms with Crippen LogP contribution < -0.4 is 15.6 Å². The molecular formula is C18H19N5O4S. The Bertz CT molecular complexity index is 1070. The standard InChI is InChI=1S/C18H19N5O4S/c1-19-12-8-22(9-13(12)27-2)14-4-3-10-15(24)11(17(25)26)7-23(16(10)21-14)18-20-5-6-28-18/h3-7,12-13,19H,8-9H2,1-2H3,(H,25,26)/t12-,13?/m0/s1. The maximum atomic E-state index is 12.6. The molecule has 1 aliphatic heterocycles. The van der Waals surface area contributed by atoms with Crippen LogP contribution in [0.1, 0.15) is 10.4 Å². The molecule has 2 atom stereocenters. The van der Waals surface area contributed by atoms with Crippen LogP contribution in [0.5, 0.6) is 0 Å². The lowest BCUT2D eigenvalue weighted by molar-refractivity contribution is 0.0695. The van der Waals surface area contributed by atoms with Gasteiger partial charge in [0, 0.05) is 38.0 Å². The first-order chi connectivity index (χ1) is 13.5. The summed E-state index contributed by atoms with van der Waals surface area (Å²) in [6.07, 6.45) is 2.94. The highest BCUT2D eigenvalue weighted by Gasteiger charge is 2.32. The Hall–Kier alpha value is -2.82. The molecule has 4 rings (SSSR count). The predicted octanol–water partition coefficient (Wildman–Crippen LogP) is 0.963. The zero-order valence-electron chi connectivity index (χ0n) is 15.3. The van der Waals surface area contributed by atoms with Crippen molar-refractivity contribution in [2.75, 3.05) is 32.1 Å². The third-order valence-electron chi connectivity index (χ3n) is 4.96. The number of ether oxygens (including phenoxy) is 1. The number of fused-ring (bicyclic) bond motifs is 1. The summed E-state index contributed by atoms with van der Waals surface area (Å²) in [7, 11) is 3.57. The molecule has 10 heteroatoms. The van der Waals surface area contributed by atoms with Crippen LogP contribution in [0.2, 0.25) is 0 Å². The monoisotopic (exact) mass is 401 g/mol. The van der Waals surface area contributed by atoms with Crippen LogP contribution in [0.4, 0.5) is 5.82 Å². The third-order valence-corrected chi connectivity index (χ3v) is 5.73. The van der Waals surface area contributed by atoms with Crippen LogP contribution in [0, 0.1) is 0 Å². The number of aromatic nitrogens is 3. The summed E-state index contributed by atoms with van der Waals surface area (Å²) in [5.74, 6) is -0.583. The van der Waals surface area contributed by atoms with E-state index in [9.17, 15) is 14.7 Å². The molecule has 146 valence electrons. The number of carboxylic acids is 1. The number of likely N-dealkylation sites (N-methyl/N-ethyl adjacent to an activating group) is 1. The van der Waals surface area contributed by atoms with Gasteiger partial charge in [0.15, 0.2) is 10.8 Å². The molecular weight excluding hydrogens is 382 g/mol. The number of thiazole rings is 1. The van der Waals surface area contributed by atoms with Crippen molar-refractivity contribution >= 4 is 34.2 Å². The number of nitrogens with one attached hydrogen (secondary N) is 1. The molecule has 4 heterocycles. The van der Waals surface area contributed by atoms with E-state index < -0.39 is 11.4 Å². The van der Waals surface area contributed by atoms with Crippen LogP contribution in [-0.2, 0) is 4.74 Å². The minimum Gasteiger partial charge on any atom is -0.477 e. The molecule has 2 N–H and O–H groups in total. The van der Waals surface area contributed by atoms with Crippen molar-refractivity contribution < 1.29 is 14.6 Å². The second-order valence-corrected chi connectivity index (χ2v) is 7.35. The van der Waals surface area contributed by atoms with Crippen molar-refractivity contribution in [3.63, 3.8) is 0 Å². The number of anilines is 1. The van der Waals surface area contributed by atoms with Crippen molar-refractivity contribution in [3.8, 4) is 5.13 Å². The summed E-state index contributed by atoms with van der Waals surface area (Å²) in [6, 6.07) is 3.54. The smallest absolute Gasteiger partial charge is 0.341 e. The summed E-state index contributed by atoms with van der Waals surface area (Å²) >= 11 is 1.34. The van der Waals surface area contributed by atoms with Gasteiger partial charge in [-0.1, -0.05) is 0 Å². The molecule has 1 saturated heterocycles. The van der Waals surface area contributed by atoms with E-state index in [0.29, 0.717) is 29.7 Å². The predicted molar refractivity (Wildman–Crippen MR) is 106 cm³/mol. The van der Waals surface area contributed by atoms with Gasteiger partial charge in [-0.2, -0.15) is 0 Å². The zero-order chi connectivity index (χ0) is 19.8. The first kappa shape index (κ1) is 18.5. The average molecular weight is 401 g/mol. The molecule has 28 heavy (non-hydrogen) atoms. The van der Waals surface area contributed by atoms with Crippen molar-refractivity contribution in [3.05, 3.63) is 45.7 Å². The highest BCUT2D eigenvalue weighted by atomic mass is 32.1. The lowest BCUT2D eigenvalue weighted by Crippen LogP contribution is -2.37. The SMILES string of the molecule is CN[C@H]1CN(c2ccc3c(=O)c(C(=O)O)cn(-c4nccs4)c3n2)CC1OC. The van der Waals surface area contributed by atoms with Gasteiger partial charge in [0.05, 0.1) is 17.5 Å². The number of rotatable bonds is 5. The second kappa shape index (κ2) is 7.30. The van der Waals surface area contributed by atoms with Crippen LogP contribution in [0.3, 0.4) is 0 Å². The minimum atomic E-state index is -1.28. The molecule has 1 unspecified atom stereocenters. The van der Waals surface area contributed by atoms with E-state index in [0.717, 1.165) is 0 Å². The third kappa shape index (κ3) is 3.05. The topological polar surface area (TPSA) is 110 Å². The Labute approximate surface area is 164 Å². The second-order valence-electron chi connectivity index (χ2n) is 6.48. The Morgan fingerprint density at radius 1 is 1.39 bits per heavy atom. The quantitative estimate of drug-likeness (QED) is 0.651. The van der Waals surface area contributed by atoms with Crippen LogP contribution in [0.25, 0.3) is 16.2 Å². The molecule has 0 aliphatic carbocycles. The fraction of sp³-hybridized carbons (Fsp3) is 0.333. The molecule has 0 bridgehead atoms. The van der Waals surface area contributed by atoms with E-state index in [-0.39, 0.29) is 23.1 Å². The number of hydrogen-bond donors (Lipinski definition) is 2. The summed E-state index contributed by atoms with van der Waals surface area (Å²) in [5.41, 5.74) is -0.490. The first-order valence-corrected chi connectivity index (χ1v) is 9.56. The normalized spacial score (nSPS) is 19.4. The van der Waals surface area contributed by atoms with Gasteiger partial charge in [0.25, 0.3) is 0 Å². The van der Waals surface area contributed by atoms with E-state index in [4.69, 9.17) is 9.72 Å². The Morgan fingerprint density at radius 2 is 2.21 bits per heavy atom. The van der Waals surface area contributed by atoms with Gasteiger partial charge in [-0.25, -0.2) is 14.8 Å². The molecule has 3 aromatic rings. The number of pyridine rings is 2. The molecule has 0 amide bonds. The number of hydrogen-bond acceptors (Lipinski definition) is 8. The fourth-order valence-electron chi connectivity index (χ4n) is 3.48. The van der Waals surface area contributed by atoms with Crippen molar-refractivity contribution in [2.45, 2.75) is 12.1 Å². The summed E-state index contributed by atoms with van der Waals surface area (Å²) in [5, 5.41) is 15.2.